The molecule has 0 spiro atoms. The molecular weight excluding hydrogens is 346 g/mol. The molecule has 6 heteroatoms. The Bertz CT molecular complexity index is 831. The summed E-state index contributed by atoms with van der Waals surface area (Å²) in [6.07, 6.45) is 1.09. The smallest absolute Gasteiger partial charge is 0.262 e. The van der Waals surface area contributed by atoms with Crippen LogP contribution in [0.2, 0.25) is 0 Å². The number of nitrogens with zero attached hydrogens (tertiary/aromatic N) is 2. The average molecular weight is 367 g/mol. The van der Waals surface area contributed by atoms with Crippen molar-refractivity contribution in [1.29, 1.82) is 0 Å². The third-order valence-corrected chi connectivity index (χ3v) is 4.95. The van der Waals surface area contributed by atoms with E-state index in [9.17, 15) is 4.79 Å². The fourth-order valence-electron chi connectivity index (χ4n) is 2.47. The molecule has 0 aliphatic carbocycles. The Balaban J connectivity index is 1.51. The summed E-state index contributed by atoms with van der Waals surface area (Å²) in [5.74, 6) is 0.973. The molecular formula is C20H21N3O2S. The molecule has 1 atom stereocenters. The highest BCUT2D eigenvalue weighted by Crippen LogP contribution is 2.23. The molecule has 1 unspecified atom stereocenters. The Morgan fingerprint density at radius 1 is 1.15 bits per heavy atom. The fourth-order valence-corrected chi connectivity index (χ4v) is 3.03. The van der Waals surface area contributed by atoms with E-state index in [0.29, 0.717) is 11.7 Å². The number of benzene rings is 2. The SMILES string of the molecule is CCC(C)c1ccc(NC(=O)COc2ccc(-c3nncs3)cc2)cc1. The van der Waals surface area contributed by atoms with Gasteiger partial charge in [0.05, 0.1) is 0 Å². The highest BCUT2D eigenvalue weighted by Gasteiger charge is 2.07. The summed E-state index contributed by atoms with van der Waals surface area (Å²) in [5.41, 5.74) is 4.72. The molecule has 0 bridgehead atoms. The van der Waals surface area contributed by atoms with Gasteiger partial charge < -0.3 is 10.1 Å². The monoisotopic (exact) mass is 367 g/mol. The van der Waals surface area contributed by atoms with Crippen LogP contribution in [0.25, 0.3) is 10.6 Å². The van der Waals surface area contributed by atoms with Gasteiger partial charge in [-0.25, -0.2) is 0 Å². The van der Waals surface area contributed by atoms with Gasteiger partial charge >= 0.3 is 0 Å². The van der Waals surface area contributed by atoms with Crippen LogP contribution in [0.15, 0.2) is 54.0 Å². The average Bonchev–Trinajstić information content (AvgIpc) is 3.21. The van der Waals surface area contributed by atoms with E-state index in [1.807, 2.05) is 36.4 Å². The first-order valence-corrected chi connectivity index (χ1v) is 9.43. The van der Waals surface area contributed by atoms with Crippen molar-refractivity contribution in [3.63, 3.8) is 0 Å². The Labute approximate surface area is 157 Å². The molecule has 3 rings (SSSR count). The molecule has 1 N–H and O–H groups in total. The standard InChI is InChI=1S/C20H21N3O2S/c1-3-14(2)15-4-8-17(9-5-15)22-19(24)12-25-18-10-6-16(7-11-18)20-23-21-13-26-20/h4-11,13-14H,3,12H2,1-2H3,(H,22,24). The van der Waals surface area contributed by atoms with Crippen LogP contribution in [-0.4, -0.2) is 22.7 Å². The maximum Gasteiger partial charge on any atom is 0.262 e. The van der Waals surface area contributed by atoms with Gasteiger partial charge in [-0.2, -0.15) is 0 Å². The van der Waals surface area contributed by atoms with Crippen LogP contribution in [0.5, 0.6) is 5.75 Å². The lowest BCUT2D eigenvalue weighted by atomic mass is 9.99. The third kappa shape index (κ3) is 4.67. The number of ether oxygens (including phenoxy) is 1. The van der Waals surface area contributed by atoms with Crippen molar-refractivity contribution in [3.8, 4) is 16.3 Å². The molecule has 0 saturated heterocycles. The summed E-state index contributed by atoms with van der Waals surface area (Å²) in [5, 5.41) is 11.6. The Morgan fingerprint density at radius 2 is 1.88 bits per heavy atom. The van der Waals surface area contributed by atoms with E-state index in [1.54, 1.807) is 5.51 Å². The lowest BCUT2D eigenvalue weighted by molar-refractivity contribution is -0.118. The van der Waals surface area contributed by atoms with Crippen LogP contribution < -0.4 is 10.1 Å². The second-order valence-electron chi connectivity index (χ2n) is 6.04. The van der Waals surface area contributed by atoms with Gasteiger partial charge in [0.25, 0.3) is 5.91 Å². The molecule has 0 aliphatic heterocycles. The first-order chi connectivity index (χ1) is 12.7. The van der Waals surface area contributed by atoms with E-state index >= 15 is 0 Å². The third-order valence-electron chi connectivity index (χ3n) is 4.21. The maximum absolute atomic E-state index is 12.1. The Morgan fingerprint density at radius 3 is 2.50 bits per heavy atom. The largest absolute Gasteiger partial charge is 0.484 e. The predicted molar refractivity (Wildman–Crippen MR) is 105 cm³/mol. The predicted octanol–water partition coefficient (Wildman–Crippen LogP) is 4.74. The fraction of sp³-hybridized carbons (Fsp3) is 0.250. The van der Waals surface area contributed by atoms with Crippen molar-refractivity contribution < 1.29 is 9.53 Å². The molecule has 3 aromatic rings. The zero-order chi connectivity index (χ0) is 18.4. The van der Waals surface area contributed by atoms with Gasteiger partial charge in [-0.15, -0.1) is 10.2 Å². The van der Waals surface area contributed by atoms with Gasteiger partial charge in [0.15, 0.2) is 6.61 Å². The molecule has 0 radical (unpaired) electrons. The first kappa shape index (κ1) is 18.1. The highest BCUT2D eigenvalue weighted by molar-refractivity contribution is 7.12. The minimum atomic E-state index is -0.186. The molecule has 1 amide bonds. The van der Waals surface area contributed by atoms with E-state index in [-0.39, 0.29) is 12.5 Å². The van der Waals surface area contributed by atoms with Crippen molar-refractivity contribution in [2.24, 2.45) is 0 Å². The van der Waals surface area contributed by atoms with Gasteiger partial charge in [-0.3, -0.25) is 4.79 Å². The number of hydrogen-bond acceptors (Lipinski definition) is 5. The van der Waals surface area contributed by atoms with Crippen LogP contribution in [-0.2, 0) is 4.79 Å². The minimum Gasteiger partial charge on any atom is -0.484 e. The second-order valence-corrected chi connectivity index (χ2v) is 6.87. The van der Waals surface area contributed by atoms with E-state index < -0.39 is 0 Å². The maximum atomic E-state index is 12.1. The number of nitrogens with one attached hydrogen (secondary N) is 1. The van der Waals surface area contributed by atoms with Crippen LogP contribution in [0.4, 0.5) is 5.69 Å². The van der Waals surface area contributed by atoms with Gasteiger partial charge in [-0.1, -0.05) is 37.3 Å². The number of hydrogen-bond donors (Lipinski definition) is 1. The summed E-state index contributed by atoms with van der Waals surface area (Å²) in [4.78, 5) is 12.1. The molecule has 0 aliphatic rings. The van der Waals surface area contributed by atoms with Crippen LogP contribution in [0.3, 0.4) is 0 Å². The molecule has 26 heavy (non-hydrogen) atoms. The highest BCUT2D eigenvalue weighted by atomic mass is 32.1. The lowest BCUT2D eigenvalue weighted by Gasteiger charge is -2.11. The Kier molecular flexibility index (Phi) is 5.96. The molecule has 0 saturated carbocycles. The van der Waals surface area contributed by atoms with Crippen LogP contribution in [0.1, 0.15) is 31.7 Å². The number of aromatic nitrogens is 2. The molecule has 134 valence electrons. The summed E-state index contributed by atoms with van der Waals surface area (Å²) >= 11 is 1.48. The van der Waals surface area contributed by atoms with Crippen LogP contribution in [0, 0.1) is 0 Å². The zero-order valence-corrected chi connectivity index (χ0v) is 15.6. The van der Waals surface area contributed by atoms with E-state index in [4.69, 9.17) is 4.74 Å². The van der Waals surface area contributed by atoms with Gasteiger partial charge in [0.2, 0.25) is 0 Å². The second kappa shape index (κ2) is 8.58. The number of carbonyl (C=O) groups excluding carboxylic acids is 1. The van der Waals surface area contributed by atoms with E-state index in [2.05, 4.69) is 41.5 Å². The quantitative estimate of drug-likeness (QED) is 0.655. The zero-order valence-electron chi connectivity index (χ0n) is 14.8. The van der Waals surface area contributed by atoms with E-state index in [1.165, 1.54) is 16.9 Å². The molecule has 2 aromatic carbocycles. The van der Waals surface area contributed by atoms with Gasteiger partial charge in [0.1, 0.15) is 16.3 Å². The van der Waals surface area contributed by atoms with E-state index in [0.717, 1.165) is 22.7 Å². The Hall–Kier alpha value is -2.73. The van der Waals surface area contributed by atoms with Crippen molar-refractivity contribution >= 4 is 22.9 Å². The summed E-state index contributed by atoms with van der Waals surface area (Å²) in [6.45, 7) is 4.32. The van der Waals surface area contributed by atoms with Crippen LogP contribution >= 0.6 is 11.3 Å². The summed E-state index contributed by atoms with van der Waals surface area (Å²) in [6, 6.07) is 15.4. The molecule has 1 heterocycles. The lowest BCUT2D eigenvalue weighted by Crippen LogP contribution is -2.20. The van der Waals surface area contributed by atoms with Crippen molar-refractivity contribution in [1.82, 2.24) is 10.2 Å². The summed E-state index contributed by atoms with van der Waals surface area (Å²) < 4.78 is 5.55. The number of rotatable bonds is 7. The van der Waals surface area contributed by atoms with Gasteiger partial charge in [0, 0.05) is 11.3 Å². The number of carbonyl (C=O) groups is 1. The number of anilines is 1. The molecule has 5 nitrogen and oxygen atoms in total. The van der Waals surface area contributed by atoms with Crippen molar-refractivity contribution in [3.05, 3.63) is 59.6 Å². The molecule has 1 aromatic heterocycles. The minimum absolute atomic E-state index is 0.0364. The first-order valence-electron chi connectivity index (χ1n) is 8.55. The normalized spacial score (nSPS) is 11.8. The molecule has 0 fully saturated rings. The summed E-state index contributed by atoms with van der Waals surface area (Å²) in [7, 11) is 0. The number of amides is 1. The van der Waals surface area contributed by atoms with Gasteiger partial charge in [-0.05, 0) is 54.3 Å². The van der Waals surface area contributed by atoms with Crippen molar-refractivity contribution in [2.45, 2.75) is 26.2 Å². The topological polar surface area (TPSA) is 64.1 Å². The van der Waals surface area contributed by atoms with Crippen molar-refractivity contribution in [2.75, 3.05) is 11.9 Å².